The Morgan fingerprint density at radius 1 is 1.13 bits per heavy atom. The van der Waals surface area contributed by atoms with Crippen molar-refractivity contribution in [3.8, 4) is 11.5 Å². The molecule has 0 bridgehead atoms. The number of carbonyl (C=O) groups is 2. The average Bonchev–Trinajstić information content (AvgIpc) is 2.71. The molecule has 1 aliphatic rings. The van der Waals surface area contributed by atoms with Crippen molar-refractivity contribution >= 4 is 29.9 Å². The molecule has 11 heteroatoms. The second-order valence-corrected chi connectivity index (χ2v) is 6.81. The SMILES string of the molecule is CN(C(=O)[C@H](Cc1cc(F)cc(F)c1)NC(=O)NSO)c1ccc2c(c1)OCCO2. The van der Waals surface area contributed by atoms with Gasteiger partial charge in [-0.3, -0.25) is 9.52 Å². The quantitative estimate of drug-likeness (QED) is 0.473. The zero-order valence-corrected chi connectivity index (χ0v) is 16.7. The van der Waals surface area contributed by atoms with Crippen LogP contribution in [-0.2, 0) is 11.2 Å². The van der Waals surface area contributed by atoms with E-state index in [1.807, 2.05) is 4.72 Å². The zero-order valence-electron chi connectivity index (χ0n) is 15.9. The third kappa shape index (κ3) is 5.30. The van der Waals surface area contributed by atoms with E-state index in [1.165, 1.54) is 11.9 Å². The van der Waals surface area contributed by atoms with Crippen LogP contribution in [0.15, 0.2) is 36.4 Å². The number of carbonyl (C=O) groups excluding carboxylic acids is 2. The zero-order chi connectivity index (χ0) is 21.7. The molecular weight excluding hydrogens is 420 g/mol. The van der Waals surface area contributed by atoms with Gasteiger partial charge in [-0.2, -0.15) is 0 Å². The van der Waals surface area contributed by atoms with E-state index in [1.54, 1.807) is 18.2 Å². The Balaban J connectivity index is 1.83. The van der Waals surface area contributed by atoms with Crippen molar-refractivity contribution in [1.82, 2.24) is 10.0 Å². The molecule has 0 saturated carbocycles. The fourth-order valence-electron chi connectivity index (χ4n) is 3.00. The van der Waals surface area contributed by atoms with Gasteiger partial charge in [0.2, 0.25) is 5.91 Å². The highest BCUT2D eigenvalue weighted by Gasteiger charge is 2.27. The Hall–Kier alpha value is -3.05. The van der Waals surface area contributed by atoms with E-state index >= 15 is 0 Å². The third-order valence-electron chi connectivity index (χ3n) is 4.35. The van der Waals surface area contributed by atoms with E-state index in [9.17, 15) is 18.4 Å². The van der Waals surface area contributed by atoms with Crippen molar-refractivity contribution in [2.75, 3.05) is 25.2 Å². The van der Waals surface area contributed by atoms with Crippen molar-refractivity contribution in [3.05, 3.63) is 53.6 Å². The van der Waals surface area contributed by atoms with Crippen LogP contribution in [0.25, 0.3) is 0 Å². The largest absolute Gasteiger partial charge is 0.486 e. The summed E-state index contributed by atoms with van der Waals surface area (Å²) in [5, 5.41) is 2.40. The molecule has 8 nitrogen and oxygen atoms in total. The number of hydrogen-bond donors (Lipinski definition) is 3. The van der Waals surface area contributed by atoms with Gasteiger partial charge in [0.25, 0.3) is 0 Å². The second kappa shape index (κ2) is 9.63. The Kier molecular flexibility index (Phi) is 6.95. The van der Waals surface area contributed by atoms with E-state index in [-0.39, 0.29) is 24.2 Å². The minimum absolute atomic E-state index is 0.0575. The van der Waals surface area contributed by atoms with Gasteiger partial charge in [0.15, 0.2) is 11.5 Å². The number of urea groups is 1. The Morgan fingerprint density at radius 3 is 2.47 bits per heavy atom. The van der Waals surface area contributed by atoms with Gasteiger partial charge in [0.1, 0.15) is 43.1 Å². The van der Waals surface area contributed by atoms with Crippen molar-refractivity contribution in [2.45, 2.75) is 12.5 Å². The van der Waals surface area contributed by atoms with Gasteiger partial charge in [-0.1, -0.05) is 0 Å². The highest BCUT2D eigenvalue weighted by molar-refractivity contribution is 7.92. The van der Waals surface area contributed by atoms with Gasteiger partial charge in [-0.15, -0.1) is 0 Å². The van der Waals surface area contributed by atoms with Crippen LogP contribution >= 0.6 is 12.2 Å². The van der Waals surface area contributed by atoms with Gasteiger partial charge in [0.05, 0.1) is 0 Å². The number of likely N-dealkylation sites (N-methyl/N-ethyl adjacent to an activating group) is 1. The average molecular weight is 439 g/mol. The molecule has 1 atom stereocenters. The third-order valence-corrected chi connectivity index (χ3v) is 4.62. The first-order chi connectivity index (χ1) is 14.4. The predicted octanol–water partition coefficient (Wildman–Crippen LogP) is 2.73. The predicted molar refractivity (Wildman–Crippen MR) is 107 cm³/mol. The first-order valence-corrected chi connectivity index (χ1v) is 9.64. The van der Waals surface area contributed by atoms with Crippen LogP contribution in [0, 0.1) is 11.6 Å². The highest BCUT2D eigenvalue weighted by atomic mass is 32.2. The molecule has 0 radical (unpaired) electrons. The molecule has 0 unspecified atom stereocenters. The number of benzene rings is 2. The molecular formula is C19H19F2N3O5S. The van der Waals surface area contributed by atoms with Gasteiger partial charge < -0.3 is 24.2 Å². The molecule has 3 amide bonds. The number of fused-ring (bicyclic) bond motifs is 1. The van der Waals surface area contributed by atoms with E-state index < -0.39 is 29.6 Å². The number of nitrogens with zero attached hydrogens (tertiary/aromatic N) is 1. The van der Waals surface area contributed by atoms with Crippen molar-refractivity contribution in [1.29, 1.82) is 0 Å². The molecule has 1 heterocycles. The Labute approximate surface area is 175 Å². The first-order valence-electron chi connectivity index (χ1n) is 8.86. The molecule has 3 rings (SSSR count). The molecule has 1 aliphatic heterocycles. The monoisotopic (exact) mass is 439 g/mol. The first kappa shape index (κ1) is 21.7. The summed E-state index contributed by atoms with van der Waals surface area (Å²) in [4.78, 5) is 26.2. The summed E-state index contributed by atoms with van der Waals surface area (Å²) in [5.41, 5.74) is 0.650. The molecule has 160 valence electrons. The summed E-state index contributed by atoms with van der Waals surface area (Å²) in [6, 6.07) is 5.78. The molecule has 2 aromatic carbocycles. The molecule has 2 aromatic rings. The van der Waals surface area contributed by atoms with Crippen LogP contribution in [0.5, 0.6) is 11.5 Å². The van der Waals surface area contributed by atoms with Crippen molar-refractivity contribution < 1.29 is 32.4 Å². The molecule has 0 aromatic heterocycles. The topological polar surface area (TPSA) is 100 Å². The van der Waals surface area contributed by atoms with Gasteiger partial charge in [0, 0.05) is 31.3 Å². The lowest BCUT2D eigenvalue weighted by molar-refractivity contribution is -0.120. The minimum atomic E-state index is -1.17. The smallest absolute Gasteiger partial charge is 0.327 e. The summed E-state index contributed by atoms with van der Waals surface area (Å²) in [6.07, 6.45) is -0.175. The lowest BCUT2D eigenvalue weighted by Crippen LogP contribution is -2.50. The Morgan fingerprint density at radius 2 is 1.80 bits per heavy atom. The summed E-state index contributed by atoms with van der Waals surface area (Å²) < 4.78 is 48.9. The fourth-order valence-corrected chi connectivity index (χ4v) is 3.14. The maximum Gasteiger partial charge on any atom is 0.327 e. The normalized spacial score (nSPS) is 13.3. The number of anilines is 1. The molecule has 0 spiro atoms. The van der Waals surface area contributed by atoms with Crippen molar-refractivity contribution in [2.24, 2.45) is 0 Å². The molecule has 0 saturated heterocycles. The van der Waals surface area contributed by atoms with Crippen LogP contribution in [0.3, 0.4) is 0 Å². The van der Waals surface area contributed by atoms with Gasteiger partial charge in [-0.25, -0.2) is 13.6 Å². The maximum atomic E-state index is 13.5. The van der Waals surface area contributed by atoms with Crippen LogP contribution < -0.4 is 24.4 Å². The van der Waals surface area contributed by atoms with Crippen molar-refractivity contribution in [3.63, 3.8) is 0 Å². The standard InChI is InChI=1S/C19H19F2N3O5S/c1-24(14-2-3-16-17(10-14)29-5-4-28-16)18(25)15(22-19(26)23-30-27)8-11-6-12(20)9-13(21)7-11/h2-3,6-7,9-10,15,27H,4-5,8H2,1H3,(H2,22,23,26)/t15-/m0/s1. The van der Waals surface area contributed by atoms with Gasteiger partial charge >= 0.3 is 6.03 Å². The number of halogens is 2. The molecule has 30 heavy (non-hydrogen) atoms. The van der Waals surface area contributed by atoms with E-state index in [0.29, 0.717) is 36.5 Å². The van der Waals surface area contributed by atoms with Gasteiger partial charge in [-0.05, 0) is 29.8 Å². The van der Waals surface area contributed by atoms with Crippen LogP contribution in [0.1, 0.15) is 5.56 Å². The van der Waals surface area contributed by atoms with E-state index in [0.717, 1.165) is 12.1 Å². The van der Waals surface area contributed by atoms with Crippen LogP contribution in [0.2, 0.25) is 0 Å². The molecule has 0 fully saturated rings. The number of hydrogen-bond acceptors (Lipinski definition) is 6. The molecule has 3 N–H and O–H groups in total. The minimum Gasteiger partial charge on any atom is -0.486 e. The number of nitrogens with one attached hydrogen (secondary N) is 2. The van der Waals surface area contributed by atoms with E-state index in [4.69, 9.17) is 14.0 Å². The lowest BCUT2D eigenvalue weighted by Gasteiger charge is -2.26. The van der Waals surface area contributed by atoms with E-state index in [2.05, 4.69) is 5.32 Å². The summed E-state index contributed by atoms with van der Waals surface area (Å²) in [7, 11) is 1.49. The summed E-state index contributed by atoms with van der Waals surface area (Å²) in [5.74, 6) is -1.12. The second-order valence-electron chi connectivity index (χ2n) is 6.43. The lowest BCUT2D eigenvalue weighted by atomic mass is 10.0. The summed E-state index contributed by atoms with van der Waals surface area (Å²) >= 11 is 0.0575. The number of ether oxygens (including phenoxy) is 2. The number of amides is 3. The molecule has 0 aliphatic carbocycles. The highest BCUT2D eigenvalue weighted by Crippen LogP contribution is 2.33. The van der Waals surface area contributed by atoms with Crippen LogP contribution in [-0.4, -0.2) is 42.8 Å². The number of rotatable bonds is 6. The maximum absolute atomic E-state index is 13.5. The Bertz CT molecular complexity index is 926. The summed E-state index contributed by atoms with van der Waals surface area (Å²) in [6.45, 7) is 0.803. The van der Waals surface area contributed by atoms with Crippen LogP contribution in [0.4, 0.5) is 19.3 Å². The fraction of sp³-hybridized carbons (Fsp3) is 0.263.